The summed E-state index contributed by atoms with van der Waals surface area (Å²) in [6, 6.07) is 11.3. The Kier molecular flexibility index (Phi) is 6.39. The topological polar surface area (TPSA) is 107 Å². The SMILES string of the molecule is CCOc1ccc(-n2c(C)cc(/C=C(/C#N)C(=O)OCC(N)=O)c2C)cc1. The number of amides is 1. The summed E-state index contributed by atoms with van der Waals surface area (Å²) in [4.78, 5) is 22.6. The van der Waals surface area contributed by atoms with Crippen molar-refractivity contribution in [2.24, 2.45) is 5.73 Å². The summed E-state index contributed by atoms with van der Waals surface area (Å²) in [5.74, 6) is -0.885. The Morgan fingerprint density at radius 3 is 2.48 bits per heavy atom. The van der Waals surface area contributed by atoms with Crippen LogP contribution in [0.5, 0.6) is 5.75 Å². The largest absolute Gasteiger partial charge is 0.494 e. The van der Waals surface area contributed by atoms with Crippen molar-refractivity contribution >= 4 is 18.0 Å². The van der Waals surface area contributed by atoms with Gasteiger partial charge in [0, 0.05) is 17.1 Å². The van der Waals surface area contributed by atoms with E-state index in [4.69, 9.17) is 15.2 Å². The first-order chi connectivity index (χ1) is 12.9. The van der Waals surface area contributed by atoms with Crippen LogP contribution in [-0.4, -0.2) is 29.7 Å². The molecule has 27 heavy (non-hydrogen) atoms. The van der Waals surface area contributed by atoms with Gasteiger partial charge in [-0.05, 0) is 62.7 Å². The summed E-state index contributed by atoms with van der Waals surface area (Å²) >= 11 is 0. The van der Waals surface area contributed by atoms with Crippen LogP contribution in [0.2, 0.25) is 0 Å². The van der Waals surface area contributed by atoms with E-state index in [1.807, 2.05) is 55.7 Å². The minimum absolute atomic E-state index is 0.205. The molecule has 0 radical (unpaired) electrons. The lowest BCUT2D eigenvalue weighted by atomic mass is 10.1. The van der Waals surface area contributed by atoms with Gasteiger partial charge < -0.3 is 19.8 Å². The number of nitrogens with zero attached hydrogens (tertiary/aromatic N) is 2. The summed E-state index contributed by atoms with van der Waals surface area (Å²) in [6.07, 6.45) is 1.44. The Balaban J connectivity index is 2.34. The fraction of sp³-hybridized carbons (Fsp3) is 0.250. The van der Waals surface area contributed by atoms with Crippen LogP contribution < -0.4 is 10.5 Å². The van der Waals surface area contributed by atoms with Crippen LogP contribution in [-0.2, 0) is 14.3 Å². The average Bonchev–Trinajstić information content (AvgIpc) is 2.92. The molecule has 140 valence electrons. The maximum absolute atomic E-state index is 11.9. The molecule has 7 nitrogen and oxygen atoms in total. The number of rotatable bonds is 7. The molecule has 0 saturated carbocycles. The highest BCUT2D eigenvalue weighted by molar-refractivity contribution is 5.99. The number of aromatic nitrogens is 1. The third-order valence-electron chi connectivity index (χ3n) is 3.86. The Morgan fingerprint density at radius 2 is 1.93 bits per heavy atom. The molecule has 2 aromatic rings. The number of hydrogen-bond donors (Lipinski definition) is 1. The summed E-state index contributed by atoms with van der Waals surface area (Å²) in [5.41, 5.74) is 8.17. The van der Waals surface area contributed by atoms with Crippen molar-refractivity contribution in [3.8, 4) is 17.5 Å². The second-order valence-electron chi connectivity index (χ2n) is 5.80. The number of ether oxygens (including phenoxy) is 2. The van der Waals surface area contributed by atoms with E-state index in [0.717, 1.165) is 22.8 Å². The van der Waals surface area contributed by atoms with Crippen LogP contribution in [0.3, 0.4) is 0 Å². The molecule has 0 fully saturated rings. The quantitative estimate of drug-likeness (QED) is 0.459. The standard InChI is InChI=1S/C20H21N3O4/c1-4-26-18-7-5-17(6-8-18)23-13(2)9-15(14(23)3)10-16(11-21)20(25)27-12-19(22)24/h5-10H,4,12H2,1-3H3,(H2,22,24)/b16-10-. The molecule has 0 aliphatic heterocycles. The first-order valence-corrected chi connectivity index (χ1v) is 8.36. The van der Waals surface area contributed by atoms with Gasteiger partial charge in [-0.2, -0.15) is 5.26 Å². The van der Waals surface area contributed by atoms with E-state index >= 15 is 0 Å². The van der Waals surface area contributed by atoms with Gasteiger partial charge in [-0.15, -0.1) is 0 Å². The summed E-state index contributed by atoms with van der Waals surface area (Å²) in [5, 5.41) is 9.23. The number of nitriles is 1. The second-order valence-corrected chi connectivity index (χ2v) is 5.80. The van der Waals surface area contributed by atoms with Gasteiger partial charge in [0.25, 0.3) is 5.91 Å². The van der Waals surface area contributed by atoms with E-state index in [9.17, 15) is 14.9 Å². The van der Waals surface area contributed by atoms with Crippen molar-refractivity contribution in [2.45, 2.75) is 20.8 Å². The molecule has 2 rings (SSSR count). The van der Waals surface area contributed by atoms with Crippen molar-refractivity contribution < 1.29 is 19.1 Å². The molecular formula is C20H21N3O4. The fourth-order valence-electron chi connectivity index (χ4n) is 2.70. The van der Waals surface area contributed by atoms with Crippen molar-refractivity contribution in [3.05, 3.63) is 52.9 Å². The molecule has 0 unspecified atom stereocenters. The maximum Gasteiger partial charge on any atom is 0.349 e. The number of primary amides is 1. The first-order valence-electron chi connectivity index (χ1n) is 8.36. The zero-order valence-electron chi connectivity index (χ0n) is 15.5. The van der Waals surface area contributed by atoms with E-state index in [0.29, 0.717) is 12.2 Å². The van der Waals surface area contributed by atoms with E-state index in [1.54, 1.807) is 6.07 Å². The number of aryl methyl sites for hydroxylation is 1. The number of carbonyl (C=O) groups is 2. The van der Waals surface area contributed by atoms with E-state index in [1.165, 1.54) is 6.08 Å². The molecule has 1 amide bonds. The second kappa shape index (κ2) is 8.72. The molecule has 0 saturated heterocycles. The van der Waals surface area contributed by atoms with Crippen molar-refractivity contribution in [2.75, 3.05) is 13.2 Å². The number of nitrogens with two attached hydrogens (primary N) is 1. The number of hydrogen-bond acceptors (Lipinski definition) is 5. The summed E-state index contributed by atoms with van der Waals surface area (Å²) < 4.78 is 12.2. The fourth-order valence-corrected chi connectivity index (χ4v) is 2.70. The molecule has 0 atom stereocenters. The van der Waals surface area contributed by atoms with E-state index in [-0.39, 0.29) is 5.57 Å². The third kappa shape index (κ3) is 4.76. The number of esters is 1. The smallest absolute Gasteiger partial charge is 0.349 e. The highest BCUT2D eigenvalue weighted by Crippen LogP contribution is 2.24. The number of benzene rings is 1. The van der Waals surface area contributed by atoms with Gasteiger partial charge in [0.2, 0.25) is 0 Å². The van der Waals surface area contributed by atoms with Gasteiger partial charge >= 0.3 is 5.97 Å². The molecule has 1 aromatic heterocycles. The Bertz CT molecular complexity index is 918. The molecule has 0 aliphatic rings. The van der Waals surface area contributed by atoms with Crippen LogP contribution in [0, 0.1) is 25.2 Å². The predicted octanol–water partition coefficient (Wildman–Crippen LogP) is 2.43. The Hall–Kier alpha value is -3.53. The molecule has 7 heteroatoms. The van der Waals surface area contributed by atoms with Gasteiger partial charge in [-0.25, -0.2) is 4.79 Å². The lowest BCUT2D eigenvalue weighted by molar-refractivity contribution is -0.143. The minimum atomic E-state index is -0.887. The molecule has 1 heterocycles. The predicted molar refractivity (Wildman–Crippen MR) is 100 cm³/mol. The molecule has 0 bridgehead atoms. The lowest BCUT2D eigenvalue weighted by Crippen LogP contribution is -2.21. The molecule has 1 aromatic carbocycles. The zero-order chi connectivity index (χ0) is 20.0. The summed E-state index contributed by atoms with van der Waals surface area (Å²) in [7, 11) is 0. The first kappa shape index (κ1) is 19.8. The van der Waals surface area contributed by atoms with Crippen LogP contribution >= 0.6 is 0 Å². The third-order valence-corrected chi connectivity index (χ3v) is 3.86. The van der Waals surface area contributed by atoms with Crippen LogP contribution in [0.1, 0.15) is 23.9 Å². The molecular weight excluding hydrogens is 346 g/mol. The van der Waals surface area contributed by atoms with Gasteiger partial charge in [-0.3, -0.25) is 4.79 Å². The highest BCUT2D eigenvalue weighted by Gasteiger charge is 2.15. The zero-order valence-corrected chi connectivity index (χ0v) is 15.5. The molecule has 0 aliphatic carbocycles. The van der Waals surface area contributed by atoms with Crippen molar-refractivity contribution in [3.63, 3.8) is 0 Å². The highest BCUT2D eigenvalue weighted by atomic mass is 16.5. The minimum Gasteiger partial charge on any atom is -0.494 e. The van der Waals surface area contributed by atoms with Crippen LogP contribution in [0.15, 0.2) is 35.9 Å². The van der Waals surface area contributed by atoms with Gasteiger partial charge in [-0.1, -0.05) is 0 Å². The van der Waals surface area contributed by atoms with Crippen molar-refractivity contribution in [1.29, 1.82) is 5.26 Å². The Morgan fingerprint density at radius 1 is 1.26 bits per heavy atom. The summed E-state index contributed by atoms with van der Waals surface area (Å²) in [6.45, 7) is 5.77. The van der Waals surface area contributed by atoms with Crippen LogP contribution in [0.25, 0.3) is 11.8 Å². The molecule has 0 spiro atoms. The van der Waals surface area contributed by atoms with E-state index < -0.39 is 18.5 Å². The maximum atomic E-state index is 11.9. The van der Waals surface area contributed by atoms with E-state index in [2.05, 4.69) is 0 Å². The van der Waals surface area contributed by atoms with Gasteiger partial charge in [0.05, 0.1) is 6.61 Å². The number of carbonyl (C=O) groups excluding carboxylic acids is 2. The average molecular weight is 367 g/mol. The lowest BCUT2D eigenvalue weighted by Gasteiger charge is -2.11. The van der Waals surface area contributed by atoms with Gasteiger partial charge in [0.15, 0.2) is 6.61 Å². The Labute approximate surface area is 157 Å². The molecule has 2 N–H and O–H groups in total. The normalized spacial score (nSPS) is 11.0. The van der Waals surface area contributed by atoms with Crippen LogP contribution in [0.4, 0.5) is 0 Å². The monoisotopic (exact) mass is 367 g/mol. The van der Waals surface area contributed by atoms with Gasteiger partial charge in [0.1, 0.15) is 17.4 Å². The van der Waals surface area contributed by atoms with Crippen molar-refractivity contribution in [1.82, 2.24) is 4.57 Å².